The topological polar surface area (TPSA) is 86.6 Å². The van der Waals surface area contributed by atoms with Crippen molar-refractivity contribution in [3.63, 3.8) is 0 Å². The molecule has 8 heteroatoms. The largest absolute Gasteiger partial charge is 0.462 e. The highest BCUT2D eigenvalue weighted by atomic mass is 32.1. The van der Waals surface area contributed by atoms with Gasteiger partial charge in [0.1, 0.15) is 22.2 Å². The third kappa shape index (κ3) is 4.63. The molecule has 0 radical (unpaired) electrons. The fourth-order valence-corrected chi connectivity index (χ4v) is 5.10. The maximum Gasteiger partial charge on any atom is 0.348 e. The number of hydrogen-bond acceptors (Lipinski definition) is 6. The van der Waals surface area contributed by atoms with Gasteiger partial charge in [-0.15, -0.1) is 11.3 Å². The number of anilines is 1. The summed E-state index contributed by atoms with van der Waals surface area (Å²) in [5, 5.41) is 4.15. The third-order valence-corrected chi connectivity index (χ3v) is 6.88. The van der Waals surface area contributed by atoms with Crippen LogP contribution >= 0.6 is 11.3 Å². The Labute approximate surface area is 203 Å². The number of nitrogens with one attached hydrogen (secondary N) is 1. The molecule has 0 bridgehead atoms. The second-order valence-corrected chi connectivity index (χ2v) is 8.77. The van der Waals surface area contributed by atoms with E-state index in [1.54, 1.807) is 13.8 Å². The van der Waals surface area contributed by atoms with Crippen molar-refractivity contribution in [1.82, 2.24) is 4.57 Å². The van der Waals surface area contributed by atoms with Crippen molar-refractivity contribution in [2.24, 2.45) is 0 Å². The van der Waals surface area contributed by atoms with Crippen LogP contribution in [-0.4, -0.2) is 35.6 Å². The fraction of sp³-hybridized carbons (Fsp3) is 0.346. The van der Waals surface area contributed by atoms with Crippen molar-refractivity contribution in [3.05, 3.63) is 63.7 Å². The van der Waals surface area contributed by atoms with Crippen LogP contribution in [0.1, 0.15) is 68.0 Å². The van der Waals surface area contributed by atoms with Crippen LogP contribution in [-0.2, 0) is 22.4 Å². The van der Waals surface area contributed by atoms with Crippen molar-refractivity contribution in [1.29, 1.82) is 0 Å². The van der Waals surface area contributed by atoms with Crippen LogP contribution in [0, 0.1) is 13.8 Å². The molecule has 1 amide bonds. The maximum atomic E-state index is 13.5. The molecule has 180 valence electrons. The summed E-state index contributed by atoms with van der Waals surface area (Å²) in [5.74, 6) is -1.54. The van der Waals surface area contributed by atoms with Gasteiger partial charge in [-0.2, -0.15) is 0 Å². The second-order valence-electron chi connectivity index (χ2n) is 7.74. The zero-order valence-corrected chi connectivity index (χ0v) is 21.1. The molecule has 0 aliphatic carbocycles. The molecule has 0 atom stereocenters. The van der Waals surface area contributed by atoms with Crippen LogP contribution in [0.2, 0.25) is 0 Å². The minimum absolute atomic E-state index is 0.0438. The SMILES string of the molecule is C=CCOC(=O)c1sc(NC(=O)c2c(C)c3cc(CC)ccc3n2CC)c(C(=O)OCC)c1C. The Morgan fingerprint density at radius 3 is 2.44 bits per heavy atom. The van der Waals surface area contributed by atoms with Gasteiger partial charge in [-0.3, -0.25) is 4.79 Å². The number of rotatable bonds is 9. The highest BCUT2D eigenvalue weighted by Gasteiger charge is 2.29. The van der Waals surface area contributed by atoms with E-state index in [4.69, 9.17) is 9.47 Å². The van der Waals surface area contributed by atoms with E-state index in [0.717, 1.165) is 34.2 Å². The Kier molecular flexibility index (Phi) is 7.94. The molecular weight excluding hydrogens is 452 g/mol. The number of carbonyl (C=O) groups excluding carboxylic acids is 3. The van der Waals surface area contributed by atoms with E-state index in [0.29, 0.717) is 17.8 Å². The fourth-order valence-electron chi connectivity index (χ4n) is 4.02. The van der Waals surface area contributed by atoms with Crippen LogP contribution in [0.5, 0.6) is 0 Å². The number of fused-ring (bicyclic) bond motifs is 1. The molecule has 0 aliphatic rings. The summed E-state index contributed by atoms with van der Waals surface area (Å²) >= 11 is 1.00. The zero-order valence-electron chi connectivity index (χ0n) is 20.2. The quantitative estimate of drug-likeness (QED) is 0.313. The highest BCUT2D eigenvalue weighted by Crippen LogP contribution is 2.35. The number of ether oxygens (including phenoxy) is 2. The monoisotopic (exact) mass is 482 g/mol. The molecule has 0 fully saturated rings. The number of nitrogens with zero attached hydrogens (tertiary/aromatic N) is 1. The molecule has 1 N–H and O–H groups in total. The van der Waals surface area contributed by atoms with Gasteiger partial charge in [0.25, 0.3) is 5.91 Å². The number of hydrogen-bond donors (Lipinski definition) is 1. The number of aryl methyl sites for hydroxylation is 3. The summed E-state index contributed by atoms with van der Waals surface area (Å²) in [7, 11) is 0. The van der Waals surface area contributed by atoms with Gasteiger partial charge in [-0.05, 0) is 62.9 Å². The predicted octanol–water partition coefficient (Wildman–Crippen LogP) is 5.67. The van der Waals surface area contributed by atoms with Crippen LogP contribution in [0.25, 0.3) is 10.9 Å². The lowest BCUT2D eigenvalue weighted by molar-refractivity contribution is 0.0527. The van der Waals surface area contributed by atoms with E-state index in [1.165, 1.54) is 11.6 Å². The first-order valence-corrected chi connectivity index (χ1v) is 12.1. The summed E-state index contributed by atoms with van der Waals surface area (Å²) in [6.07, 6.45) is 2.36. The average Bonchev–Trinajstić information content (AvgIpc) is 3.30. The van der Waals surface area contributed by atoms with Crippen LogP contribution < -0.4 is 5.32 Å². The number of esters is 2. The van der Waals surface area contributed by atoms with E-state index in [-0.39, 0.29) is 34.6 Å². The molecule has 0 aliphatic heterocycles. The van der Waals surface area contributed by atoms with Crippen molar-refractivity contribution in [2.75, 3.05) is 18.5 Å². The van der Waals surface area contributed by atoms with E-state index in [1.807, 2.05) is 24.5 Å². The molecule has 0 saturated carbocycles. The molecule has 0 unspecified atom stereocenters. The molecule has 34 heavy (non-hydrogen) atoms. The van der Waals surface area contributed by atoms with Gasteiger partial charge in [0, 0.05) is 17.4 Å². The molecule has 0 spiro atoms. The van der Waals surface area contributed by atoms with Gasteiger partial charge in [0.2, 0.25) is 0 Å². The molecule has 1 aromatic carbocycles. The number of amides is 1. The lowest BCUT2D eigenvalue weighted by atomic mass is 10.1. The zero-order chi connectivity index (χ0) is 25.0. The summed E-state index contributed by atoms with van der Waals surface area (Å²) in [5.41, 5.74) is 4.12. The van der Waals surface area contributed by atoms with Gasteiger partial charge >= 0.3 is 11.9 Å². The molecule has 2 aromatic heterocycles. The Morgan fingerprint density at radius 1 is 1.09 bits per heavy atom. The Bertz CT molecular complexity index is 1270. The number of carbonyl (C=O) groups is 3. The Balaban J connectivity index is 2.08. The standard InChI is InChI=1S/C26H30N2O5S/c1-7-13-33-26(31)22-16(6)20(25(30)32-10-4)24(34-22)27-23(29)21-15(5)18-14-17(8-2)11-12-19(18)28(21)9-3/h7,11-12,14H,1,8-10,13H2,2-6H3,(H,27,29). The Morgan fingerprint density at radius 2 is 1.82 bits per heavy atom. The number of thiophene rings is 1. The highest BCUT2D eigenvalue weighted by molar-refractivity contribution is 7.18. The van der Waals surface area contributed by atoms with E-state index < -0.39 is 11.9 Å². The lowest BCUT2D eigenvalue weighted by Gasteiger charge is -2.10. The molecule has 2 heterocycles. The summed E-state index contributed by atoms with van der Waals surface area (Å²) in [6.45, 7) is 13.7. The van der Waals surface area contributed by atoms with Crippen LogP contribution in [0.3, 0.4) is 0 Å². The van der Waals surface area contributed by atoms with Crippen molar-refractivity contribution < 1.29 is 23.9 Å². The number of aromatic nitrogens is 1. The van der Waals surface area contributed by atoms with E-state index in [9.17, 15) is 14.4 Å². The third-order valence-electron chi connectivity index (χ3n) is 5.69. The second kappa shape index (κ2) is 10.7. The first kappa shape index (κ1) is 25.2. The molecule has 0 saturated heterocycles. The van der Waals surface area contributed by atoms with Crippen molar-refractivity contribution in [3.8, 4) is 0 Å². The minimum Gasteiger partial charge on any atom is -0.462 e. The predicted molar refractivity (Wildman–Crippen MR) is 135 cm³/mol. The summed E-state index contributed by atoms with van der Waals surface area (Å²) in [6, 6.07) is 6.22. The van der Waals surface area contributed by atoms with Crippen molar-refractivity contribution >= 4 is 45.1 Å². The first-order chi connectivity index (χ1) is 16.3. The Hall–Kier alpha value is -3.39. The van der Waals surface area contributed by atoms with Gasteiger partial charge in [-0.1, -0.05) is 25.6 Å². The smallest absolute Gasteiger partial charge is 0.348 e. The first-order valence-electron chi connectivity index (χ1n) is 11.3. The van der Waals surface area contributed by atoms with Crippen LogP contribution in [0.15, 0.2) is 30.9 Å². The molecular formula is C26H30N2O5S. The van der Waals surface area contributed by atoms with Gasteiger partial charge in [0.15, 0.2) is 0 Å². The molecule has 3 rings (SSSR count). The lowest BCUT2D eigenvalue weighted by Crippen LogP contribution is -2.19. The van der Waals surface area contributed by atoms with Crippen LogP contribution in [0.4, 0.5) is 5.00 Å². The van der Waals surface area contributed by atoms with Crippen molar-refractivity contribution in [2.45, 2.75) is 47.6 Å². The average molecular weight is 483 g/mol. The molecule has 7 nitrogen and oxygen atoms in total. The summed E-state index contributed by atoms with van der Waals surface area (Å²) < 4.78 is 12.3. The summed E-state index contributed by atoms with van der Waals surface area (Å²) in [4.78, 5) is 39.0. The minimum atomic E-state index is -0.602. The number of benzene rings is 1. The van der Waals surface area contributed by atoms with Gasteiger partial charge in [0.05, 0.1) is 12.2 Å². The van der Waals surface area contributed by atoms with Gasteiger partial charge in [-0.25, -0.2) is 9.59 Å². The molecule has 3 aromatic rings. The normalized spacial score (nSPS) is 10.9. The maximum absolute atomic E-state index is 13.5. The van der Waals surface area contributed by atoms with E-state index in [2.05, 4.69) is 31.0 Å². The van der Waals surface area contributed by atoms with E-state index >= 15 is 0 Å². The van der Waals surface area contributed by atoms with Gasteiger partial charge < -0.3 is 19.4 Å².